The SMILES string of the molecule is COc1ccc2occ(CCCCCCCN3CCC(C(=O)c4ccc(F)cc4)CC3)c(=O)c2c1.Cl. The number of ketones is 1. The van der Waals surface area contributed by atoms with Crippen LogP contribution in [0.3, 0.4) is 0 Å². The summed E-state index contributed by atoms with van der Waals surface area (Å²) in [6, 6.07) is 11.2. The number of halogens is 2. The fourth-order valence-corrected chi connectivity index (χ4v) is 4.90. The standard InChI is InChI=1S/C29H34FNO4.ClH/c1-34-25-12-13-27-26(19-25)29(33)23(20-35-27)7-5-3-2-4-6-16-31-17-14-22(15-18-31)28(32)21-8-10-24(30)11-9-21;/h8-13,19-20,22H,2-7,14-18H2,1H3;1H. The molecule has 3 aromatic rings. The molecule has 4 rings (SSSR count). The summed E-state index contributed by atoms with van der Waals surface area (Å²) in [6.07, 6.45) is 9.58. The van der Waals surface area contributed by atoms with Crippen molar-refractivity contribution in [3.05, 3.63) is 75.9 Å². The van der Waals surface area contributed by atoms with E-state index in [9.17, 15) is 14.0 Å². The number of carbonyl (C=O) groups excluding carboxylic acids is 1. The summed E-state index contributed by atoms with van der Waals surface area (Å²) in [7, 11) is 1.59. The average Bonchev–Trinajstić information content (AvgIpc) is 2.89. The maximum Gasteiger partial charge on any atom is 0.195 e. The summed E-state index contributed by atoms with van der Waals surface area (Å²) in [5.41, 5.74) is 1.96. The molecule has 0 radical (unpaired) electrons. The molecule has 0 bridgehead atoms. The van der Waals surface area contributed by atoms with Crippen molar-refractivity contribution in [3.8, 4) is 5.75 Å². The van der Waals surface area contributed by atoms with Gasteiger partial charge in [-0.05, 0) is 94.2 Å². The van der Waals surface area contributed by atoms with E-state index in [0.717, 1.165) is 76.6 Å². The normalized spacial score (nSPS) is 14.5. The first kappa shape index (κ1) is 27.9. The van der Waals surface area contributed by atoms with E-state index in [2.05, 4.69) is 4.90 Å². The van der Waals surface area contributed by atoms with Gasteiger partial charge in [-0.1, -0.05) is 19.3 Å². The second kappa shape index (κ2) is 13.6. The summed E-state index contributed by atoms with van der Waals surface area (Å²) >= 11 is 0. The van der Waals surface area contributed by atoms with E-state index < -0.39 is 0 Å². The Kier molecular flexibility index (Phi) is 10.5. The third-order valence-corrected chi connectivity index (χ3v) is 7.06. The first-order valence-electron chi connectivity index (χ1n) is 12.7. The van der Waals surface area contributed by atoms with Crippen molar-refractivity contribution in [2.24, 2.45) is 5.92 Å². The molecule has 36 heavy (non-hydrogen) atoms. The number of carbonyl (C=O) groups is 1. The van der Waals surface area contributed by atoms with Crippen molar-refractivity contribution in [2.45, 2.75) is 51.4 Å². The molecule has 1 aliphatic rings. The van der Waals surface area contributed by atoms with E-state index in [0.29, 0.717) is 22.3 Å². The van der Waals surface area contributed by atoms with Crippen LogP contribution in [0.15, 0.2) is 57.9 Å². The molecule has 0 aliphatic carbocycles. The topological polar surface area (TPSA) is 59.8 Å². The number of benzene rings is 2. The van der Waals surface area contributed by atoms with Gasteiger partial charge in [0.1, 0.15) is 17.1 Å². The number of ether oxygens (including phenoxy) is 1. The molecule has 0 N–H and O–H groups in total. The Morgan fingerprint density at radius 2 is 1.72 bits per heavy atom. The minimum atomic E-state index is -0.309. The molecule has 1 fully saturated rings. The summed E-state index contributed by atoms with van der Waals surface area (Å²) in [5, 5.41) is 0.574. The monoisotopic (exact) mass is 515 g/mol. The van der Waals surface area contributed by atoms with E-state index in [-0.39, 0.29) is 35.4 Å². The van der Waals surface area contributed by atoms with Crippen LogP contribution in [0, 0.1) is 11.7 Å². The highest BCUT2D eigenvalue weighted by Crippen LogP contribution is 2.23. The molecule has 5 nitrogen and oxygen atoms in total. The Labute approximate surface area is 218 Å². The third-order valence-electron chi connectivity index (χ3n) is 7.06. The summed E-state index contributed by atoms with van der Waals surface area (Å²) in [5.74, 6) is 0.539. The molecular weight excluding hydrogens is 481 g/mol. The van der Waals surface area contributed by atoms with Gasteiger partial charge in [0.2, 0.25) is 0 Å². The van der Waals surface area contributed by atoms with E-state index in [4.69, 9.17) is 9.15 Å². The van der Waals surface area contributed by atoms with Gasteiger partial charge in [-0.2, -0.15) is 0 Å². The number of hydrogen-bond donors (Lipinski definition) is 0. The van der Waals surface area contributed by atoms with Crippen LogP contribution >= 0.6 is 12.4 Å². The van der Waals surface area contributed by atoms with Crippen molar-refractivity contribution < 1.29 is 18.3 Å². The molecule has 0 amide bonds. The van der Waals surface area contributed by atoms with E-state index >= 15 is 0 Å². The van der Waals surface area contributed by atoms with Gasteiger partial charge in [0.05, 0.1) is 18.8 Å². The number of unbranched alkanes of at least 4 members (excludes halogenated alkanes) is 4. The van der Waals surface area contributed by atoms with Gasteiger partial charge < -0.3 is 14.1 Å². The third kappa shape index (κ3) is 7.17. The highest BCUT2D eigenvalue weighted by Gasteiger charge is 2.25. The van der Waals surface area contributed by atoms with Crippen molar-refractivity contribution in [3.63, 3.8) is 0 Å². The number of Topliss-reactive ketones (excluding diaryl/α,β-unsaturated/α-hetero) is 1. The van der Waals surface area contributed by atoms with Crippen LogP contribution in [-0.4, -0.2) is 37.4 Å². The minimum absolute atomic E-state index is 0. The van der Waals surface area contributed by atoms with Gasteiger partial charge in [-0.3, -0.25) is 9.59 Å². The maximum absolute atomic E-state index is 13.1. The lowest BCUT2D eigenvalue weighted by atomic mass is 9.89. The van der Waals surface area contributed by atoms with E-state index in [1.807, 2.05) is 0 Å². The molecule has 0 spiro atoms. The Morgan fingerprint density at radius 1 is 1.03 bits per heavy atom. The van der Waals surface area contributed by atoms with Gasteiger partial charge in [-0.15, -0.1) is 12.4 Å². The van der Waals surface area contributed by atoms with E-state index in [1.165, 1.54) is 12.1 Å². The first-order valence-corrected chi connectivity index (χ1v) is 12.7. The lowest BCUT2D eigenvalue weighted by molar-refractivity contribution is 0.0839. The zero-order valence-electron chi connectivity index (χ0n) is 20.8. The largest absolute Gasteiger partial charge is 0.497 e. The smallest absolute Gasteiger partial charge is 0.195 e. The van der Waals surface area contributed by atoms with Crippen LogP contribution in [0.2, 0.25) is 0 Å². The van der Waals surface area contributed by atoms with Crippen molar-refractivity contribution in [2.75, 3.05) is 26.7 Å². The second-order valence-electron chi connectivity index (χ2n) is 9.46. The minimum Gasteiger partial charge on any atom is -0.497 e. The number of hydrogen-bond acceptors (Lipinski definition) is 5. The summed E-state index contributed by atoms with van der Waals surface area (Å²) in [6.45, 7) is 2.95. The number of fused-ring (bicyclic) bond motifs is 1. The van der Waals surface area contributed by atoms with Gasteiger partial charge in [0.15, 0.2) is 11.2 Å². The van der Waals surface area contributed by atoms with Gasteiger partial charge in [0.25, 0.3) is 0 Å². The van der Waals surface area contributed by atoms with Gasteiger partial charge in [0, 0.05) is 17.0 Å². The van der Waals surface area contributed by atoms with Crippen LogP contribution in [0.25, 0.3) is 11.0 Å². The van der Waals surface area contributed by atoms with Crippen molar-refractivity contribution in [1.82, 2.24) is 4.90 Å². The van der Waals surface area contributed by atoms with Crippen LogP contribution < -0.4 is 10.2 Å². The highest BCUT2D eigenvalue weighted by molar-refractivity contribution is 5.97. The number of rotatable bonds is 11. The lowest BCUT2D eigenvalue weighted by Crippen LogP contribution is -2.36. The lowest BCUT2D eigenvalue weighted by Gasteiger charge is -2.31. The molecule has 0 atom stereocenters. The number of nitrogens with zero attached hydrogens (tertiary/aromatic N) is 1. The summed E-state index contributed by atoms with van der Waals surface area (Å²) in [4.78, 5) is 27.8. The summed E-state index contributed by atoms with van der Waals surface area (Å²) < 4.78 is 24.0. The fraction of sp³-hybridized carbons (Fsp3) is 0.448. The predicted molar refractivity (Wildman–Crippen MR) is 143 cm³/mol. The van der Waals surface area contributed by atoms with Crippen LogP contribution in [0.1, 0.15) is 60.9 Å². The molecule has 0 unspecified atom stereocenters. The molecule has 1 saturated heterocycles. The van der Waals surface area contributed by atoms with Crippen LogP contribution in [0.5, 0.6) is 5.75 Å². The molecule has 0 saturated carbocycles. The van der Waals surface area contributed by atoms with Crippen LogP contribution in [-0.2, 0) is 6.42 Å². The Morgan fingerprint density at radius 3 is 2.44 bits per heavy atom. The molecule has 2 aromatic carbocycles. The average molecular weight is 516 g/mol. The zero-order valence-corrected chi connectivity index (χ0v) is 21.7. The number of likely N-dealkylation sites (tertiary alicyclic amines) is 1. The molecule has 1 aromatic heterocycles. The maximum atomic E-state index is 13.1. The van der Waals surface area contributed by atoms with Gasteiger partial charge >= 0.3 is 0 Å². The van der Waals surface area contributed by atoms with Gasteiger partial charge in [-0.25, -0.2) is 4.39 Å². The van der Waals surface area contributed by atoms with Crippen LogP contribution in [0.4, 0.5) is 4.39 Å². The predicted octanol–water partition coefficient (Wildman–Crippen LogP) is 6.45. The molecule has 7 heteroatoms. The van der Waals surface area contributed by atoms with Crippen molar-refractivity contribution >= 4 is 29.2 Å². The number of piperidine rings is 1. The molecule has 2 heterocycles. The number of aryl methyl sites for hydroxylation is 1. The second-order valence-corrected chi connectivity index (χ2v) is 9.46. The quantitative estimate of drug-likeness (QED) is 0.217. The number of methoxy groups -OCH3 is 1. The van der Waals surface area contributed by atoms with E-state index in [1.54, 1.807) is 43.7 Å². The Bertz CT molecular complexity index is 1190. The van der Waals surface area contributed by atoms with Crippen molar-refractivity contribution in [1.29, 1.82) is 0 Å². The fourth-order valence-electron chi connectivity index (χ4n) is 4.90. The molecular formula is C29H35ClFNO4. The molecule has 194 valence electrons. The molecule has 1 aliphatic heterocycles. The first-order chi connectivity index (χ1) is 17.0. The highest BCUT2D eigenvalue weighted by atomic mass is 35.5. The Hall–Kier alpha value is -2.70. The zero-order chi connectivity index (χ0) is 24.6. The Balaban J connectivity index is 0.00000361.